The summed E-state index contributed by atoms with van der Waals surface area (Å²) in [5.74, 6) is 1.63. The molecule has 0 bridgehead atoms. The summed E-state index contributed by atoms with van der Waals surface area (Å²) >= 11 is 3.15. The molecule has 1 aliphatic carbocycles. The summed E-state index contributed by atoms with van der Waals surface area (Å²) in [6.45, 7) is 2.74. The van der Waals surface area contributed by atoms with Gasteiger partial charge >= 0.3 is 0 Å². The van der Waals surface area contributed by atoms with E-state index in [2.05, 4.69) is 41.2 Å². The van der Waals surface area contributed by atoms with Gasteiger partial charge in [-0.25, -0.2) is 4.98 Å². The summed E-state index contributed by atoms with van der Waals surface area (Å²) in [4.78, 5) is 36.6. The van der Waals surface area contributed by atoms with Gasteiger partial charge in [-0.1, -0.05) is 31.2 Å². The first kappa shape index (κ1) is 21.1. The Morgan fingerprint density at radius 1 is 1.20 bits per heavy atom. The molecule has 0 aliphatic heterocycles. The van der Waals surface area contributed by atoms with Gasteiger partial charge in [-0.3, -0.25) is 9.59 Å². The second-order valence-electron chi connectivity index (χ2n) is 7.82. The van der Waals surface area contributed by atoms with Gasteiger partial charge in [-0.2, -0.15) is 0 Å². The van der Waals surface area contributed by atoms with E-state index in [1.807, 2.05) is 7.05 Å². The van der Waals surface area contributed by atoms with E-state index in [0.717, 1.165) is 41.5 Å². The van der Waals surface area contributed by atoms with E-state index in [0.29, 0.717) is 23.9 Å². The molecule has 1 aromatic carbocycles. The number of rotatable bonds is 7. The number of aromatic amines is 1. The van der Waals surface area contributed by atoms with Crippen LogP contribution in [0.25, 0.3) is 10.2 Å². The van der Waals surface area contributed by atoms with E-state index in [4.69, 9.17) is 0 Å². The van der Waals surface area contributed by atoms with Crippen molar-refractivity contribution in [3.05, 3.63) is 62.0 Å². The number of benzene rings is 1. The molecule has 7 heteroatoms. The molecule has 30 heavy (non-hydrogen) atoms. The summed E-state index contributed by atoms with van der Waals surface area (Å²) in [5.41, 5.74) is 3.60. The number of aryl methyl sites for hydroxylation is 3. The zero-order chi connectivity index (χ0) is 21.1. The first-order valence-electron chi connectivity index (χ1n) is 10.5. The molecule has 1 amide bonds. The molecule has 0 unspecified atom stereocenters. The average Bonchev–Trinajstić information content (AvgIpc) is 3.13. The highest BCUT2D eigenvalue weighted by Crippen LogP contribution is 2.33. The van der Waals surface area contributed by atoms with Crippen molar-refractivity contribution in [2.45, 2.75) is 51.3 Å². The lowest BCUT2D eigenvalue weighted by Gasteiger charge is -2.17. The van der Waals surface area contributed by atoms with Crippen molar-refractivity contribution in [3.8, 4) is 0 Å². The number of amides is 1. The van der Waals surface area contributed by atoms with Gasteiger partial charge in [-0.15, -0.1) is 23.1 Å². The number of carbonyl (C=O) groups excluding carboxylic acids is 1. The molecule has 0 radical (unpaired) electrons. The fraction of sp³-hybridized carbons (Fsp3) is 0.435. The number of thiophene rings is 1. The number of hydrogen-bond acceptors (Lipinski definition) is 5. The normalized spacial score (nSPS) is 13.4. The summed E-state index contributed by atoms with van der Waals surface area (Å²) in [5, 5.41) is 0.786. The van der Waals surface area contributed by atoms with E-state index in [1.54, 1.807) is 16.2 Å². The minimum Gasteiger partial charge on any atom is -0.341 e. The van der Waals surface area contributed by atoms with Crippen LogP contribution in [0.3, 0.4) is 0 Å². The number of nitrogens with zero attached hydrogens (tertiary/aromatic N) is 2. The Bertz CT molecular complexity index is 1100. The van der Waals surface area contributed by atoms with Gasteiger partial charge in [0, 0.05) is 18.5 Å². The van der Waals surface area contributed by atoms with E-state index in [1.165, 1.54) is 34.2 Å². The van der Waals surface area contributed by atoms with Crippen LogP contribution in [0.15, 0.2) is 29.1 Å². The Kier molecular flexibility index (Phi) is 6.58. The number of aromatic nitrogens is 2. The van der Waals surface area contributed by atoms with Crippen LogP contribution in [-0.4, -0.2) is 33.6 Å². The standard InChI is InChI=1S/C23H27N3O2S2/c1-3-15-8-10-16(11-9-15)12-26(2)20(27)14-29-13-19-24-22(28)21-17-6-4-5-7-18(17)30-23(21)25-19/h8-11H,3-7,12-14H2,1-2H3,(H,24,25,28). The van der Waals surface area contributed by atoms with E-state index >= 15 is 0 Å². The van der Waals surface area contributed by atoms with Crippen LogP contribution < -0.4 is 5.56 Å². The summed E-state index contributed by atoms with van der Waals surface area (Å²) in [6.07, 6.45) is 5.40. The molecule has 3 aromatic rings. The highest BCUT2D eigenvalue weighted by molar-refractivity contribution is 7.99. The highest BCUT2D eigenvalue weighted by Gasteiger charge is 2.20. The maximum absolute atomic E-state index is 12.6. The van der Waals surface area contributed by atoms with Gasteiger partial charge in [0.15, 0.2) is 0 Å². The molecule has 0 spiro atoms. The number of fused-ring (bicyclic) bond motifs is 3. The molecule has 2 heterocycles. The Balaban J connectivity index is 1.34. The predicted octanol–water partition coefficient (Wildman–Crippen LogP) is 4.32. The Hall–Kier alpha value is -2.12. The average molecular weight is 442 g/mol. The molecule has 2 aromatic heterocycles. The van der Waals surface area contributed by atoms with Crippen molar-refractivity contribution >= 4 is 39.2 Å². The van der Waals surface area contributed by atoms with Gasteiger partial charge in [0.2, 0.25) is 5.91 Å². The van der Waals surface area contributed by atoms with Crippen LogP contribution in [0.5, 0.6) is 0 Å². The molecule has 1 aliphatic rings. The minimum atomic E-state index is -0.0334. The molecule has 0 atom stereocenters. The van der Waals surface area contributed by atoms with Gasteiger partial charge in [-0.05, 0) is 48.8 Å². The van der Waals surface area contributed by atoms with E-state index < -0.39 is 0 Å². The number of thioether (sulfide) groups is 1. The number of carbonyl (C=O) groups is 1. The van der Waals surface area contributed by atoms with Crippen LogP contribution in [0.4, 0.5) is 0 Å². The van der Waals surface area contributed by atoms with Crippen molar-refractivity contribution in [1.82, 2.24) is 14.9 Å². The van der Waals surface area contributed by atoms with Crippen molar-refractivity contribution < 1.29 is 4.79 Å². The maximum atomic E-state index is 12.6. The Morgan fingerprint density at radius 3 is 2.70 bits per heavy atom. The number of H-pyrrole nitrogens is 1. The Morgan fingerprint density at radius 2 is 1.93 bits per heavy atom. The molecule has 158 valence electrons. The van der Waals surface area contributed by atoms with Crippen LogP contribution in [0, 0.1) is 0 Å². The van der Waals surface area contributed by atoms with Crippen LogP contribution in [0.2, 0.25) is 0 Å². The third-order valence-electron chi connectivity index (χ3n) is 5.62. The molecule has 4 rings (SSSR count). The lowest BCUT2D eigenvalue weighted by Crippen LogP contribution is -2.27. The number of hydrogen-bond donors (Lipinski definition) is 1. The smallest absolute Gasteiger partial charge is 0.259 e. The van der Waals surface area contributed by atoms with Crippen molar-refractivity contribution in [2.24, 2.45) is 0 Å². The molecule has 1 N–H and O–H groups in total. The van der Waals surface area contributed by atoms with E-state index in [-0.39, 0.29) is 11.5 Å². The van der Waals surface area contributed by atoms with Gasteiger partial charge in [0.05, 0.1) is 16.9 Å². The summed E-state index contributed by atoms with van der Waals surface area (Å²) < 4.78 is 0. The lowest BCUT2D eigenvalue weighted by molar-refractivity contribution is -0.127. The Labute approximate surface area is 184 Å². The molecular formula is C23H27N3O2S2. The van der Waals surface area contributed by atoms with Crippen molar-refractivity contribution in [3.63, 3.8) is 0 Å². The quantitative estimate of drug-likeness (QED) is 0.593. The largest absolute Gasteiger partial charge is 0.341 e. The fourth-order valence-corrected chi connectivity index (χ4v) is 5.97. The SMILES string of the molecule is CCc1ccc(CN(C)C(=O)CSCc2nc3sc4c(c3c(=O)[nH]2)CCCC4)cc1. The van der Waals surface area contributed by atoms with E-state index in [9.17, 15) is 9.59 Å². The third kappa shape index (κ3) is 4.62. The molecule has 0 saturated carbocycles. The molecule has 0 saturated heterocycles. The fourth-order valence-electron chi connectivity index (χ4n) is 3.86. The van der Waals surface area contributed by atoms with Gasteiger partial charge in [0.1, 0.15) is 10.7 Å². The molecule has 0 fully saturated rings. The van der Waals surface area contributed by atoms with Gasteiger partial charge < -0.3 is 9.88 Å². The molecular weight excluding hydrogens is 414 g/mol. The van der Waals surface area contributed by atoms with Crippen LogP contribution >= 0.6 is 23.1 Å². The first-order valence-corrected chi connectivity index (χ1v) is 12.4. The second-order valence-corrected chi connectivity index (χ2v) is 9.89. The van der Waals surface area contributed by atoms with Crippen molar-refractivity contribution in [1.29, 1.82) is 0 Å². The molecule has 5 nitrogen and oxygen atoms in total. The lowest BCUT2D eigenvalue weighted by atomic mass is 9.97. The zero-order valence-electron chi connectivity index (χ0n) is 17.5. The topological polar surface area (TPSA) is 66.1 Å². The van der Waals surface area contributed by atoms with Crippen LogP contribution in [-0.2, 0) is 36.4 Å². The number of nitrogens with one attached hydrogen (secondary N) is 1. The summed E-state index contributed by atoms with van der Waals surface area (Å²) in [6, 6.07) is 8.40. The first-order chi connectivity index (χ1) is 14.5. The monoisotopic (exact) mass is 441 g/mol. The maximum Gasteiger partial charge on any atom is 0.259 e. The third-order valence-corrected chi connectivity index (χ3v) is 7.73. The highest BCUT2D eigenvalue weighted by atomic mass is 32.2. The van der Waals surface area contributed by atoms with Crippen molar-refractivity contribution in [2.75, 3.05) is 12.8 Å². The van der Waals surface area contributed by atoms with Crippen LogP contribution in [0.1, 0.15) is 47.2 Å². The second kappa shape index (κ2) is 9.35. The summed E-state index contributed by atoms with van der Waals surface area (Å²) in [7, 11) is 1.83. The zero-order valence-corrected chi connectivity index (χ0v) is 19.1. The minimum absolute atomic E-state index is 0.0334. The predicted molar refractivity (Wildman–Crippen MR) is 125 cm³/mol. The van der Waals surface area contributed by atoms with Gasteiger partial charge in [0.25, 0.3) is 5.56 Å².